The quantitative estimate of drug-likeness (QED) is 0.193. The SMILES string of the molecule is [C-]#[N+]c1c(-c2ccccc2)c(C)c(-c2ccccc2)c(C#N)c1-n1c2ccccc2c2cc3c(cc21)C(C)(C)c1ccccc1-3. The number of rotatable bonds is 3. The molecule has 0 spiro atoms. The van der Waals surface area contributed by atoms with E-state index in [0.717, 1.165) is 49.6 Å². The molecule has 0 unspecified atom stereocenters. The van der Waals surface area contributed by atoms with Gasteiger partial charge in [-0.1, -0.05) is 117 Å². The van der Waals surface area contributed by atoms with Gasteiger partial charge in [0.05, 0.1) is 28.9 Å². The molecule has 0 aliphatic heterocycles. The molecule has 3 heteroatoms. The van der Waals surface area contributed by atoms with Crippen molar-refractivity contribution >= 4 is 27.5 Å². The van der Waals surface area contributed by atoms with Crippen molar-refractivity contribution in [3.8, 4) is 45.1 Å². The number of aromatic nitrogens is 1. The molecular weight excluding hydrogens is 546 g/mol. The van der Waals surface area contributed by atoms with Crippen LogP contribution in [0.3, 0.4) is 0 Å². The predicted octanol–water partition coefficient (Wildman–Crippen LogP) is 11.2. The Kier molecular flexibility index (Phi) is 5.82. The average molecular weight is 576 g/mol. The van der Waals surface area contributed by atoms with Gasteiger partial charge < -0.3 is 4.57 Å². The Morgan fingerprint density at radius 3 is 1.98 bits per heavy atom. The second-order valence-electron chi connectivity index (χ2n) is 12.3. The maximum atomic E-state index is 11.0. The summed E-state index contributed by atoms with van der Waals surface area (Å²) in [7, 11) is 0. The van der Waals surface area contributed by atoms with E-state index < -0.39 is 0 Å². The molecule has 1 aliphatic carbocycles. The fourth-order valence-electron chi connectivity index (χ4n) is 7.61. The molecule has 0 fully saturated rings. The Hall–Kier alpha value is -5.90. The lowest BCUT2D eigenvalue weighted by atomic mass is 9.82. The third-order valence-corrected chi connectivity index (χ3v) is 9.65. The van der Waals surface area contributed by atoms with Crippen LogP contribution in [-0.2, 0) is 5.41 Å². The molecule has 7 aromatic rings. The monoisotopic (exact) mass is 575 g/mol. The highest BCUT2D eigenvalue weighted by molar-refractivity contribution is 6.13. The summed E-state index contributed by atoms with van der Waals surface area (Å²) >= 11 is 0. The van der Waals surface area contributed by atoms with Crippen LogP contribution >= 0.6 is 0 Å². The van der Waals surface area contributed by atoms with Gasteiger partial charge in [-0.25, -0.2) is 4.85 Å². The predicted molar refractivity (Wildman–Crippen MR) is 185 cm³/mol. The van der Waals surface area contributed by atoms with E-state index in [1.165, 1.54) is 22.3 Å². The van der Waals surface area contributed by atoms with E-state index in [1.807, 2.05) is 49.4 Å². The lowest BCUT2D eigenvalue weighted by molar-refractivity contribution is 0.661. The van der Waals surface area contributed by atoms with Crippen LogP contribution in [0, 0.1) is 24.8 Å². The van der Waals surface area contributed by atoms with Gasteiger partial charge in [0.15, 0.2) is 0 Å². The highest BCUT2D eigenvalue weighted by Crippen LogP contribution is 2.53. The van der Waals surface area contributed by atoms with Crippen molar-refractivity contribution in [2.45, 2.75) is 26.2 Å². The van der Waals surface area contributed by atoms with E-state index in [4.69, 9.17) is 6.57 Å². The van der Waals surface area contributed by atoms with E-state index in [-0.39, 0.29) is 5.41 Å². The second kappa shape index (κ2) is 9.81. The maximum absolute atomic E-state index is 11.0. The molecule has 6 aromatic carbocycles. The van der Waals surface area contributed by atoms with Gasteiger partial charge in [-0.3, -0.25) is 0 Å². The number of benzene rings is 6. The number of para-hydroxylation sites is 1. The summed E-state index contributed by atoms with van der Waals surface area (Å²) in [6, 6.07) is 44.5. The second-order valence-corrected chi connectivity index (χ2v) is 12.3. The van der Waals surface area contributed by atoms with Gasteiger partial charge in [0.1, 0.15) is 6.07 Å². The van der Waals surface area contributed by atoms with E-state index in [0.29, 0.717) is 16.9 Å². The molecule has 3 nitrogen and oxygen atoms in total. The molecule has 0 N–H and O–H groups in total. The van der Waals surface area contributed by atoms with Crippen molar-refractivity contribution in [2.75, 3.05) is 0 Å². The summed E-state index contributed by atoms with van der Waals surface area (Å²) in [6.07, 6.45) is 0. The van der Waals surface area contributed by atoms with E-state index >= 15 is 0 Å². The van der Waals surface area contributed by atoms with Crippen LogP contribution in [0.1, 0.15) is 36.1 Å². The summed E-state index contributed by atoms with van der Waals surface area (Å²) in [5.74, 6) is 0. The topological polar surface area (TPSA) is 33.1 Å². The molecule has 0 radical (unpaired) electrons. The van der Waals surface area contributed by atoms with Crippen LogP contribution in [0.15, 0.2) is 121 Å². The van der Waals surface area contributed by atoms with Crippen molar-refractivity contribution in [2.24, 2.45) is 0 Å². The van der Waals surface area contributed by atoms with E-state index in [9.17, 15) is 5.26 Å². The third kappa shape index (κ3) is 3.68. The van der Waals surface area contributed by atoms with Crippen LogP contribution in [0.2, 0.25) is 0 Å². The van der Waals surface area contributed by atoms with E-state index in [1.54, 1.807) is 0 Å². The molecule has 0 saturated carbocycles. The fraction of sp³-hybridized carbons (Fsp3) is 0.0952. The van der Waals surface area contributed by atoms with Crippen molar-refractivity contribution in [3.05, 3.63) is 155 Å². The fourth-order valence-corrected chi connectivity index (χ4v) is 7.61. The highest BCUT2D eigenvalue weighted by atomic mass is 15.0. The zero-order chi connectivity index (χ0) is 30.9. The minimum Gasteiger partial charge on any atom is -0.318 e. The summed E-state index contributed by atoms with van der Waals surface area (Å²) in [4.78, 5) is 4.23. The highest BCUT2D eigenvalue weighted by Gasteiger charge is 2.36. The Balaban J connectivity index is 1.59. The Morgan fingerprint density at radius 2 is 1.29 bits per heavy atom. The first kappa shape index (κ1) is 26.7. The summed E-state index contributed by atoms with van der Waals surface area (Å²) in [6.45, 7) is 15.2. The molecule has 1 heterocycles. The van der Waals surface area contributed by atoms with Gasteiger partial charge in [0, 0.05) is 21.8 Å². The maximum Gasteiger partial charge on any atom is 0.219 e. The number of hydrogen-bond acceptors (Lipinski definition) is 1. The normalized spacial score (nSPS) is 12.9. The largest absolute Gasteiger partial charge is 0.318 e. The van der Waals surface area contributed by atoms with Crippen LogP contribution in [0.25, 0.3) is 65.7 Å². The molecule has 0 atom stereocenters. The summed E-state index contributed by atoms with van der Waals surface area (Å²) in [5, 5.41) is 13.2. The Bertz CT molecular complexity index is 2340. The van der Waals surface area contributed by atoms with Gasteiger partial charge in [0.25, 0.3) is 0 Å². The molecule has 45 heavy (non-hydrogen) atoms. The van der Waals surface area contributed by atoms with Gasteiger partial charge in [-0.2, -0.15) is 5.26 Å². The number of nitriles is 1. The zero-order valence-corrected chi connectivity index (χ0v) is 25.4. The standard InChI is InChI=1S/C42H29N3/c1-26-38(27-15-7-5-8-16-27)33(25-43)41(40(44-4)39(26)28-17-9-6-10-18-28)45-36-22-14-12-20-30(36)32-23-31-29-19-11-13-21-34(29)42(2,3)35(31)24-37(32)45/h5-24H,1-3H3. The van der Waals surface area contributed by atoms with Crippen molar-refractivity contribution in [1.29, 1.82) is 5.26 Å². The van der Waals surface area contributed by atoms with E-state index in [2.05, 4.69) is 108 Å². The summed E-state index contributed by atoms with van der Waals surface area (Å²) < 4.78 is 2.19. The zero-order valence-electron chi connectivity index (χ0n) is 25.4. The first-order valence-electron chi connectivity index (χ1n) is 15.2. The van der Waals surface area contributed by atoms with Crippen LogP contribution < -0.4 is 0 Å². The van der Waals surface area contributed by atoms with Gasteiger partial charge in [-0.05, 0) is 69.6 Å². The Morgan fingerprint density at radius 1 is 0.667 bits per heavy atom. The smallest absolute Gasteiger partial charge is 0.219 e. The third-order valence-electron chi connectivity index (χ3n) is 9.65. The van der Waals surface area contributed by atoms with Gasteiger partial charge in [0.2, 0.25) is 5.69 Å². The average Bonchev–Trinajstić information content (AvgIpc) is 3.52. The van der Waals surface area contributed by atoms with Crippen LogP contribution in [-0.4, -0.2) is 4.57 Å². The molecule has 0 saturated heterocycles. The minimum absolute atomic E-state index is 0.195. The van der Waals surface area contributed by atoms with Crippen molar-refractivity contribution in [3.63, 3.8) is 0 Å². The summed E-state index contributed by atoms with van der Waals surface area (Å²) in [5.41, 5.74) is 13.1. The number of nitrogens with zero attached hydrogens (tertiary/aromatic N) is 3. The molecule has 0 amide bonds. The van der Waals surface area contributed by atoms with Crippen molar-refractivity contribution < 1.29 is 0 Å². The minimum atomic E-state index is -0.195. The molecule has 1 aliphatic rings. The lowest BCUT2D eigenvalue weighted by Gasteiger charge is -2.23. The lowest BCUT2D eigenvalue weighted by Crippen LogP contribution is -2.15. The molecular formula is C42H29N3. The number of fused-ring (bicyclic) bond motifs is 6. The molecule has 0 bridgehead atoms. The van der Waals surface area contributed by atoms with Crippen molar-refractivity contribution in [1.82, 2.24) is 4.57 Å². The molecule has 8 rings (SSSR count). The van der Waals surface area contributed by atoms with Crippen LogP contribution in [0.5, 0.6) is 0 Å². The first-order valence-corrected chi connectivity index (χ1v) is 15.2. The number of hydrogen-bond donors (Lipinski definition) is 0. The van der Waals surface area contributed by atoms with Gasteiger partial charge >= 0.3 is 0 Å². The Labute approximate surface area is 263 Å². The van der Waals surface area contributed by atoms with Crippen LogP contribution in [0.4, 0.5) is 5.69 Å². The molecule has 212 valence electrons. The first-order chi connectivity index (χ1) is 22.0. The molecule has 1 aromatic heterocycles. The van der Waals surface area contributed by atoms with Gasteiger partial charge in [-0.15, -0.1) is 0 Å².